The van der Waals surface area contributed by atoms with Crippen LogP contribution in [0.15, 0.2) is 47.3 Å². The number of morpholine rings is 1. The van der Waals surface area contributed by atoms with E-state index >= 15 is 0 Å². The van der Waals surface area contributed by atoms with Crippen molar-refractivity contribution in [1.82, 2.24) is 14.8 Å². The maximum absolute atomic E-state index is 13.4. The monoisotopic (exact) mass is 510 g/mol. The summed E-state index contributed by atoms with van der Waals surface area (Å²) in [7, 11) is 4.67. The van der Waals surface area contributed by atoms with Crippen LogP contribution >= 0.6 is 0 Å². The van der Waals surface area contributed by atoms with Gasteiger partial charge in [0.05, 0.1) is 52.3 Å². The van der Waals surface area contributed by atoms with E-state index in [1.165, 1.54) is 0 Å². The van der Waals surface area contributed by atoms with Crippen molar-refractivity contribution in [1.29, 1.82) is 0 Å². The summed E-state index contributed by atoms with van der Waals surface area (Å²) in [6, 6.07) is 12.3. The molecule has 0 radical (unpaired) electrons. The van der Waals surface area contributed by atoms with Crippen LogP contribution in [-0.4, -0.2) is 81.5 Å². The van der Waals surface area contributed by atoms with Crippen LogP contribution in [0.1, 0.15) is 12.0 Å². The van der Waals surface area contributed by atoms with Crippen molar-refractivity contribution in [3.63, 3.8) is 0 Å². The number of aromatic amines is 1. The van der Waals surface area contributed by atoms with E-state index in [4.69, 9.17) is 18.9 Å². The minimum Gasteiger partial charge on any atom is -0.495 e. The van der Waals surface area contributed by atoms with Gasteiger partial charge in [0.15, 0.2) is 11.5 Å². The van der Waals surface area contributed by atoms with Crippen molar-refractivity contribution < 1.29 is 23.7 Å². The highest BCUT2D eigenvalue weighted by molar-refractivity contribution is 5.91. The van der Waals surface area contributed by atoms with Gasteiger partial charge < -0.3 is 34.1 Å². The fraction of sp³-hybridized carbons (Fsp3) is 0.407. The number of methoxy groups -OCH3 is 3. The summed E-state index contributed by atoms with van der Waals surface area (Å²) in [5, 5.41) is 3.72. The molecule has 0 saturated carbocycles. The van der Waals surface area contributed by atoms with Crippen molar-refractivity contribution in [3.8, 4) is 17.2 Å². The van der Waals surface area contributed by atoms with Crippen molar-refractivity contribution in [2.75, 3.05) is 66.0 Å². The first-order valence-corrected chi connectivity index (χ1v) is 12.3. The van der Waals surface area contributed by atoms with Gasteiger partial charge in [-0.2, -0.15) is 0 Å². The van der Waals surface area contributed by atoms with Crippen LogP contribution in [0, 0.1) is 0 Å². The molecule has 0 atom stereocenters. The number of carbonyl (C=O) groups excluding carboxylic acids is 1. The summed E-state index contributed by atoms with van der Waals surface area (Å²) in [6.07, 6.45) is 0.760. The molecule has 0 spiro atoms. The Bertz CT molecular complexity index is 1270. The lowest BCUT2D eigenvalue weighted by molar-refractivity contribution is 0.0365. The number of amides is 2. The quantitative estimate of drug-likeness (QED) is 0.431. The van der Waals surface area contributed by atoms with Crippen molar-refractivity contribution >= 4 is 22.6 Å². The van der Waals surface area contributed by atoms with Crippen molar-refractivity contribution in [2.24, 2.45) is 0 Å². The molecule has 198 valence electrons. The molecule has 1 aromatic heterocycles. The number of rotatable bonds is 10. The number of ether oxygens (including phenoxy) is 4. The molecule has 10 heteroatoms. The number of aromatic nitrogens is 1. The Morgan fingerprint density at radius 2 is 1.73 bits per heavy atom. The number of anilines is 1. The Morgan fingerprint density at radius 1 is 1.03 bits per heavy atom. The number of nitrogens with zero attached hydrogens (tertiary/aromatic N) is 2. The topological polar surface area (TPSA) is 105 Å². The van der Waals surface area contributed by atoms with Crippen LogP contribution in [-0.2, 0) is 11.3 Å². The highest BCUT2D eigenvalue weighted by Crippen LogP contribution is 2.31. The Balaban J connectivity index is 1.57. The molecule has 37 heavy (non-hydrogen) atoms. The van der Waals surface area contributed by atoms with E-state index in [0.29, 0.717) is 40.6 Å². The molecule has 1 aliphatic heterocycles. The highest BCUT2D eigenvalue weighted by Gasteiger charge is 2.19. The van der Waals surface area contributed by atoms with Crippen LogP contribution in [0.4, 0.5) is 10.5 Å². The van der Waals surface area contributed by atoms with Crippen LogP contribution in [0.5, 0.6) is 17.2 Å². The second kappa shape index (κ2) is 12.5. The fourth-order valence-corrected chi connectivity index (χ4v) is 4.41. The van der Waals surface area contributed by atoms with Gasteiger partial charge in [0, 0.05) is 43.2 Å². The number of benzene rings is 2. The average molecular weight is 511 g/mol. The summed E-state index contributed by atoms with van der Waals surface area (Å²) < 4.78 is 21.6. The zero-order valence-electron chi connectivity index (χ0n) is 21.5. The number of hydrogen-bond acceptors (Lipinski definition) is 7. The van der Waals surface area contributed by atoms with Gasteiger partial charge in [-0.3, -0.25) is 9.69 Å². The average Bonchev–Trinajstić information content (AvgIpc) is 2.92. The molecule has 3 aromatic rings. The summed E-state index contributed by atoms with van der Waals surface area (Å²) >= 11 is 0. The number of carbonyl (C=O) groups is 1. The summed E-state index contributed by atoms with van der Waals surface area (Å²) in [5.74, 6) is 1.65. The molecule has 0 unspecified atom stereocenters. The molecule has 1 aliphatic rings. The van der Waals surface area contributed by atoms with E-state index in [1.807, 2.05) is 18.2 Å². The number of hydrogen-bond donors (Lipinski definition) is 2. The number of fused-ring (bicyclic) bond motifs is 1. The van der Waals surface area contributed by atoms with Crippen LogP contribution < -0.4 is 25.1 Å². The van der Waals surface area contributed by atoms with Gasteiger partial charge in [0.1, 0.15) is 5.75 Å². The SMILES string of the molecule is COc1ccccc1NC(=O)N(CCCN1CCOCC1)Cc1cc2cc(OC)c(OC)cc2[nH]c1=O. The van der Waals surface area contributed by atoms with Gasteiger partial charge in [-0.05, 0) is 30.7 Å². The summed E-state index contributed by atoms with van der Waals surface area (Å²) in [5.41, 5.74) is 1.41. The lowest BCUT2D eigenvalue weighted by atomic mass is 10.1. The van der Waals surface area contributed by atoms with Crippen LogP contribution in [0.3, 0.4) is 0 Å². The molecule has 2 heterocycles. The number of para-hydroxylation sites is 2. The lowest BCUT2D eigenvalue weighted by Gasteiger charge is -2.28. The summed E-state index contributed by atoms with van der Waals surface area (Å²) in [6.45, 7) is 4.65. The van der Waals surface area contributed by atoms with E-state index in [0.717, 1.165) is 44.7 Å². The third-order valence-electron chi connectivity index (χ3n) is 6.43. The molecule has 1 fully saturated rings. The van der Waals surface area contributed by atoms with Crippen molar-refractivity contribution in [3.05, 3.63) is 58.4 Å². The molecule has 2 amide bonds. The number of nitrogens with one attached hydrogen (secondary N) is 2. The molecule has 2 N–H and O–H groups in total. The first kappa shape index (κ1) is 26.3. The van der Waals surface area contributed by atoms with E-state index in [9.17, 15) is 9.59 Å². The molecular formula is C27H34N4O6. The maximum atomic E-state index is 13.4. The molecule has 0 aliphatic carbocycles. The van der Waals surface area contributed by atoms with Gasteiger partial charge in [-0.1, -0.05) is 12.1 Å². The third-order valence-corrected chi connectivity index (χ3v) is 6.43. The van der Waals surface area contributed by atoms with Gasteiger partial charge in [0.25, 0.3) is 5.56 Å². The smallest absolute Gasteiger partial charge is 0.322 e. The predicted molar refractivity (Wildman–Crippen MR) is 142 cm³/mol. The van der Waals surface area contributed by atoms with Gasteiger partial charge in [-0.15, -0.1) is 0 Å². The Kier molecular flexibility index (Phi) is 8.86. The van der Waals surface area contributed by atoms with Crippen LogP contribution in [0.25, 0.3) is 10.9 Å². The largest absolute Gasteiger partial charge is 0.495 e. The Hall–Kier alpha value is -3.76. The zero-order valence-corrected chi connectivity index (χ0v) is 21.5. The van der Waals surface area contributed by atoms with Gasteiger partial charge in [-0.25, -0.2) is 4.79 Å². The van der Waals surface area contributed by atoms with E-state index < -0.39 is 0 Å². The first-order valence-electron chi connectivity index (χ1n) is 12.3. The van der Waals surface area contributed by atoms with E-state index in [1.54, 1.807) is 50.5 Å². The zero-order chi connectivity index (χ0) is 26.2. The predicted octanol–water partition coefficient (Wildman–Crippen LogP) is 3.31. The molecule has 1 saturated heterocycles. The number of H-pyrrole nitrogens is 1. The van der Waals surface area contributed by atoms with Crippen LogP contribution in [0.2, 0.25) is 0 Å². The maximum Gasteiger partial charge on any atom is 0.322 e. The molecular weight excluding hydrogens is 476 g/mol. The third kappa shape index (κ3) is 6.52. The second-order valence-corrected chi connectivity index (χ2v) is 8.78. The molecule has 0 bridgehead atoms. The van der Waals surface area contributed by atoms with Gasteiger partial charge >= 0.3 is 6.03 Å². The minimum atomic E-state index is -0.307. The Labute approximate surface area is 216 Å². The lowest BCUT2D eigenvalue weighted by Crippen LogP contribution is -2.40. The number of urea groups is 1. The van der Waals surface area contributed by atoms with Gasteiger partial charge in [0.2, 0.25) is 0 Å². The van der Waals surface area contributed by atoms with Crippen molar-refractivity contribution in [2.45, 2.75) is 13.0 Å². The number of pyridine rings is 1. The highest BCUT2D eigenvalue weighted by atomic mass is 16.5. The molecule has 2 aromatic carbocycles. The Morgan fingerprint density at radius 3 is 2.46 bits per heavy atom. The molecule has 10 nitrogen and oxygen atoms in total. The van der Waals surface area contributed by atoms with E-state index in [2.05, 4.69) is 15.2 Å². The molecule has 4 rings (SSSR count). The fourth-order valence-electron chi connectivity index (χ4n) is 4.41. The second-order valence-electron chi connectivity index (χ2n) is 8.78. The van der Waals surface area contributed by atoms with E-state index in [-0.39, 0.29) is 18.1 Å². The normalized spacial score (nSPS) is 13.8. The first-order chi connectivity index (χ1) is 18.0. The minimum absolute atomic E-state index is 0.143. The summed E-state index contributed by atoms with van der Waals surface area (Å²) in [4.78, 5) is 33.3. The standard InChI is InChI=1S/C27H34N4O6/c1-34-23-8-5-4-7-21(23)29-27(33)31(10-6-9-30-11-13-37-14-12-30)18-20-15-19-16-24(35-2)25(36-3)17-22(19)28-26(20)32/h4-5,7-8,15-17H,6,9-14,18H2,1-3H3,(H,28,32)(H,29,33).